The average Bonchev–Trinajstić information content (AvgIpc) is 2.93. The summed E-state index contributed by atoms with van der Waals surface area (Å²) < 4.78 is 5.31. The second-order valence-electron chi connectivity index (χ2n) is 4.13. The molecule has 92 valence electrons. The molecule has 1 N–H and O–H groups in total. The largest absolute Gasteiger partial charge is 0.339 e. The zero-order valence-electron chi connectivity index (χ0n) is 10.4. The fourth-order valence-electron chi connectivity index (χ4n) is 1.58. The number of nitrogens with zero attached hydrogens (tertiary/aromatic N) is 2. The number of aryl methyl sites for hydroxylation is 1. The molecular weight excluding hydrogens is 234 g/mol. The summed E-state index contributed by atoms with van der Waals surface area (Å²) in [5.74, 6) is 1.64. The minimum atomic E-state index is 0.246. The molecule has 17 heavy (non-hydrogen) atoms. The van der Waals surface area contributed by atoms with Gasteiger partial charge in [-0.2, -0.15) is 16.3 Å². The Morgan fingerprint density at radius 3 is 2.94 bits per heavy atom. The van der Waals surface area contributed by atoms with Crippen molar-refractivity contribution in [3.63, 3.8) is 0 Å². The minimum Gasteiger partial charge on any atom is -0.339 e. The minimum absolute atomic E-state index is 0.246. The molecule has 2 aromatic rings. The molecule has 1 unspecified atom stereocenters. The molecule has 2 heterocycles. The fourth-order valence-corrected chi connectivity index (χ4v) is 2.41. The predicted molar refractivity (Wildman–Crippen MR) is 69.3 cm³/mol. The lowest BCUT2D eigenvalue weighted by Gasteiger charge is -2.05. The van der Waals surface area contributed by atoms with E-state index in [2.05, 4.69) is 47.0 Å². The Labute approximate surface area is 105 Å². The summed E-state index contributed by atoms with van der Waals surface area (Å²) in [6.45, 7) is 8.04. The lowest BCUT2D eigenvalue weighted by molar-refractivity contribution is 0.355. The van der Waals surface area contributed by atoms with Crippen LogP contribution in [0, 0.1) is 6.92 Å². The average molecular weight is 251 g/mol. The third-order valence-corrected chi connectivity index (χ3v) is 3.52. The predicted octanol–water partition coefficient (Wildman–Crippen LogP) is 2.82. The summed E-state index contributed by atoms with van der Waals surface area (Å²) in [5.41, 5.74) is 2.27. The third kappa shape index (κ3) is 2.73. The Hall–Kier alpha value is -1.20. The first-order valence-electron chi connectivity index (χ1n) is 5.79. The smallest absolute Gasteiger partial charge is 0.231 e. The number of rotatable bonds is 5. The van der Waals surface area contributed by atoms with Gasteiger partial charge in [-0.3, -0.25) is 0 Å². The molecule has 0 saturated carbocycles. The third-order valence-electron chi connectivity index (χ3n) is 2.66. The normalized spacial score (nSPS) is 12.9. The Balaban J connectivity index is 2.13. The van der Waals surface area contributed by atoms with Crippen LogP contribution in [0.5, 0.6) is 0 Å². The van der Waals surface area contributed by atoms with Gasteiger partial charge in [0, 0.05) is 23.4 Å². The second kappa shape index (κ2) is 5.42. The van der Waals surface area contributed by atoms with E-state index < -0.39 is 0 Å². The van der Waals surface area contributed by atoms with E-state index in [4.69, 9.17) is 4.52 Å². The molecule has 0 fully saturated rings. The highest BCUT2D eigenvalue weighted by Crippen LogP contribution is 2.25. The molecule has 0 aliphatic rings. The topological polar surface area (TPSA) is 51.0 Å². The van der Waals surface area contributed by atoms with Gasteiger partial charge >= 0.3 is 0 Å². The first-order valence-corrected chi connectivity index (χ1v) is 6.74. The molecule has 2 aromatic heterocycles. The van der Waals surface area contributed by atoms with Crippen molar-refractivity contribution in [2.75, 3.05) is 13.1 Å². The molecule has 4 nitrogen and oxygen atoms in total. The molecule has 0 radical (unpaired) electrons. The van der Waals surface area contributed by atoms with Crippen molar-refractivity contribution in [2.45, 2.75) is 26.7 Å². The lowest BCUT2D eigenvalue weighted by atomic mass is 10.2. The molecule has 5 heteroatoms. The standard InChI is InChI=1S/C12H17N3OS/c1-4-13-5-8(2)12-14-11(15-16-12)10-7-17-6-9(10)3/h6-8,13H,4-5H2,1-3H3. The van der Waals surface area contributed by atoms with E-state index in [-0.39, 0.29) is 5.92 Å². The van der Waals surface area contributed by atoms with Gasteiger partial charge < -0.3 is 9.84 Å². The van der Waals surface area contributed by atoms with Crippen molar-refractivity contribution in [3.8, 4) is 11.4 Å². The van der Waals surface area contributed by atoms with Crippen LogP contribution >= 0.6 is 11.3 Å². The van der Waals surface area contributed by atoms with Crippen molar-refractivity contribution >= 4 is 11.3 Å². The van der Waals surface area contributed by atoms with Crippen LogP contribution in [0.15, 0.2) is 15.3 Å². The second-order valence-corrected chi connectivity index (χ2v) is 4.88. The van der Waals surface area contributed by atoms with Crippen LogP contribution in [-0.4, -0.2) is 23.2 Å². The Morgan fingerprint density at radius 1 is 1.47 bits per heavy atom. The number of nitrogens with one attached hydrogen (secondary N) is 1. The van der Waals surface area contributed by atoms with Gasteiger partial charge in [0.1, 0.15) is 0 Å². The summed E-state index contributed by atoms with van der Waals surface area (Å²) in [5, 5.41) is 11.5. The number of likely N-dealkylation sites (N-methyl/N-ethyl adjacent to an activating group) is 1. The number of hydrogen-bond acceptors (Lipinski definition) is 5. The van der Waals surface area contributed by atoms with Crippen LogP contribution in [0.1, 0.15) is 31.2 Å². The molecular formula is C12H17N3OS. The van der Waals surface area contributed by atoms with Crippen LogP contribution < -0.4 is 5.32 Å². The molecule has 0 spiro atoms. The van der Waals surface area contributed by atoms with Crippen LogP contribution in [-0.2, 0) is 0 Å². The van der Waals surface area contributed by atoms with E-state index in [0.29, 0.717) is 11.7 Å². The van der Waals surface area contributed by atoms with E-state index in [1.54, 1.807) is 11.3 Å². The van der Waals surface area contributed by atoms with Gasteiger partial charge in [-0.25, -0.2) is 0 Å². The Bertz CT molecular complexity index is 478. The molecule has 0 saturated heterocycles. The Morgan fingerprint density at radius 2 is 2.29 bits per heavy atom. The summed E-state index contributed by atoms with van der Waals surface area (Å²) in [6, 6.07) is 0. The quantitative estimate of drug-likeness (QED) is 0.887. The molecule has 1 atom stereocenters. The van der Waals surface area contributed by atoms with Crippen LogP contribution in [0.25, 0.3) is 11.4 Å². The summed E-state index contributed by atoms with van der Waals surface area (Å²) in [7, 11) is 0. The molecule has 0 bridgehead atoms. The van der Waals surface area contributed by atoms with E-state index in [9.17, 15) is 0 Å². The van der Waals surface area contributed by atoms with Crippen LogP contribution in [0.4, 0.5) is 0 Å². The highest BCUT2D eigenvalue weighted by Gasteiger charge is 2.16. The lowest BCUT2D eigenvalue weighted by Crippen LogP contribution is -2.19. The highest BCUT2D eigenvalue weighted by atomic mass is 32.1. The number of aromatic nitrogens is 2. The molecule has 0 aliphatic heterocycles. The monoisotopic (exact) mass is 251 g/mol. The van der Waals surface area contributed by atoms with Gasteiger partial charge in [-0.05, 0) is 24.4 Å². The maximum atomic E-state index is 5.31. The van der Waals surface area contributed by atoms with Gasteiger partial charge in [0.15, 0.2) is 0 Å². The van der Waals surface area contributed by atoms with E-state index >= 15 is 0 Å². The van der Waals surface area contributed by atoms with E-state index in [0.717, 1.165) is 18.7 Å². The van der Waals surface area contributed by atoms with Gasteiger partial charge in [-0.1, -0.05) is 19.0 Å². The molecule has 2 rings (SSSR count). The zero-order valence-corrected chi connectivity index (χ0v) is 11.2. The van der Waals surface area contributed by atoms with Crippen molar-refractivity contribution < 1.29 is 4.52 Å². The van der Waals surface area contributed by atoms with Crippen molar-refractivity contribution in [1.29, 1.82) is 0 Å². The van der Waals surface area contributed by atoms with Crippen molar-refractivity contribution in [3.05, 3.63) is 22.2 Å². The first kappa shape index (κ1) is 12.3. The van der Waals surface area contributed by atoms with Crippen LogP contribution in [0.3, 0.4) is 0 Å². The van der Waals surface area contributed by atoms with Gasteiger partial charge in [0.2, 0.25) is 11.7 Å². The molecule has 0 aromatic carbocycles. The summed E-state index contributed by atoms with van der Waals surface area (Å²) >= 11 is 1.66. The zero-order chi connectivity index (χ0) is 12.3. The van der Waals surface area contributed by atoms with Crippen LogP contribution in [0.2, 0.25) is 0 Å². The first-order chi connectivity index (χ1) is 8.22. The van der Waals surface area contributed by atoms with Gasteiger partial charge in [0.25, 0.3) is 0 Å². The number of thiophene rings is 1. The van der Waals surface area contributed by atoms with E-state index in [1.807, 2.05) is 0 Å². The maximum Gasteiger partial charge on any atom is 0.231 e. The summed E-state index contributed by atoms with van der Waals surface area (Å²) in [4.78, 5) is 4.46. The van der Waals surface area contributed by atoms with Gasteiger partial charge in [0.05, 0.1) is 0 Å². The SMILES string of the molecule is CCNCC(C)c1nc(-c2cscc2C)no1. The highest BCUT2D eigenvalue weighted by molar-refractivity contribution is 7.08. The fraction of sp³-hybridized carbons (Fsp3) is 0.500. The summed E-state index contributed by atoms with van der Waals surface area (Å²) in [6.07, 6.45) is 0. The van der Waals surface area contributed by atoms with Gasteiger partial charge in [-0.15, -0.1) is 0 Å². The van der Waals surface area contributed by atoms with E-state index in [1.165, 1.54) is 5.56 Å². The molecule has 0 aliphatic carbocycles. The Kier molecular flexibility index (Phi) is 3.91. The van der Waals surface area contributed by atoms with Crippen molar-refractivity contribution in [2.24, 2.45) is 0 Å². The van der Waals surface area contributed by atoms with Crippen molar-refractivity contribution in [1.82, 2.24) is 15.5 Å². The number of hydrogen-bond donors (Lipinski definition) is 1. The maximum absolute atomic E-state index is 5.31. The molecule has 0 amide bonds.